The van der Waals surface area contributed by atoms with Crippen LogP contribution in [-0.2, 0) is 11.2 Å². The Morgan fingerprint density at radius 1 is 1.30 bits per heavy atom. The van der Waals surface area contributed by atoms with Gasteiger partial charge in [-0.1, -0.05) is 24.3 Å². The van der Waals surface area contributed by atoms with Gasteiger partial charge in [0.15, 0.2) is 6.61 Å². The predicted octanol–water partition coefficient (Wildman–Crippen LogP) is 2.04. The number of nitrogens with zero attached hydrogens (tertiary/aromatic N) is 2. The highest BCUT2D eigenvalue weighted by molar-refractivity contribution is 5.77. The first-order valence-corrected chi connectivity index (χ1v) is 7.11. The van der Waals surface area contributed by atoms with Gasteiger partial charge >= 0.3 is 5.82 Å². The number of aromatic nitrogens is 1. The molecule has 0 fully saturated rings. The van der Waals surface area contributed by atoms with Crippen molar-refractivity contribution in [3.05, 3.63) is 63.8 Å². The fourth-order valence-corrected chi connectivity index (χ4v) is 2.05. The van der Waals surface area contributed by atoms with Gasteiger partial charge in [0.1, 0.15) is 6.20 Å². The maximum absolute atomic E-state index is 11.7. The highest BCUT2D eigenvalue weighted by atomic mass is 16.6. The van der Waals surface area contributed by atoms with Gasteiger partial charge in [-0.3, -0.25) is 4.79 Å². The summed E-state index contributed by atoms with van der Waals surface area (Å²) in [4.78, 5) is 25.5. The first-order valence-electron chi connectivity index (χ1n) is 7.11. The summed E-state index contributed by atoms with van der Waals surface area (Å²) >= 11 is 0. The van der Waals surface area contributed by atoms with Crippen molar-refractivity contribution >= 4 is 11.7 Å². The van der Waals surface area contributed by atoms with Gasteiger partial charge in [0.2, 0.25) is 5.75 Å². The smallest absolute Gasteiger partial charge is 0.406 e. The van der Waals surface area contributed by atoms with Gasteiger partial charge in [-0.05, 0) is 46.5 Å². The number of hydrogen-bond donors (Lipinski definition) is 1. The zero-order valence-electron chi connectivity index (χ0n) is 12.7. The van der Waals surface area contributed by atoms with Crippen LogP contribution >= 0.6 is 0 Å². The largest absolute Gasteiger partial charge is 0.476 e. The van der Waals surface area contributed by atoms with E-state index in [1.54, 1.807) is 0 Å². The summed E-state index contributed by atoms with van der Waals surface area (Å²) in [5.74, 6) is -0.761. The lowest BCUT2D eigenvalue weighted by Gasteiger charge is -2.08. The van der Waals surface area contributed by atoms with Gasteiger partial charge in [-0.2, -0.15) is 0 Å². The van der Waals surface area contributed by atoms with Crippen molar-refractivity contribution in [2.24, 2.45) is 0 Å². The molecule has 0 saturated heterocycles. The molecule has 0 radical (unpaired) electrons. The zero-order chi connectivity index (χ0) is 16.7. The molecule has 2 rings (SSSR count). The quantitative estimate of drug-likeness (QED) is 0.623. The number of aryl methyl sites for hydroxylation is 1. The van der Waals surface area contributed by atoms with Crippen LogP contribution in [0.25, 0.3) is 0 Å². The van der Waals surface area contributed by atoms with E-state index in [-0.39, 0.29) is 18.3 Å². The van der Waals surface area contributed by atoms with Crippen LogP contribution in [0, 0.1) is 17.0 Å². The third-order valence-electron chi connectivity index (χ3n) is 3.26. The van der Waals surface area contributed by atoms with Crippen molar-refractivity contribution in [1.82, 2.24) is 10.3 Å². The molecule has 0 aliphatic heterocycles. The normalized spacial score (nSPS) is 10.1. The average Bonchev–Trinajstić information content (AvgIpc) is 2.55. The Balaban J connectivity index is 1.80. The number of nitro groups is 1. The summed E-state index contributed by atoms with van der Waals surface area (Å²) in [6.07, 6.45) is 2.01. The number of carbonyl (C=O) groups is 1. The second-order valence-corrected chi connectivity index (χ2v) is 4.90. The molecule has 23 heavy (non-hydrogen) atoms. The Bertz CT molecular complexity index is 703. The number of carbonyl (C=O) groups excluding carboxylic acids is 1. The van der Waals surface area contributed by atoms with Crippen molar-refractivity contribution in [1.29, 1.82) is 0 Å². The minimum Gasteiger partial charge on any atom is -0.476 e. The number of ether oxygens (including phenoxy) is 1. The highest BCUT2D eigenvalue weighted by Crippen LogP contribution is 2.22. The molecule has 7 heteroatoms. The SMILES string of the molecule is Cc1ccccc1CCNC(=O)COc1cccnc1[N+](=O)[O-]. The maximum Gasteiger partial charge on any atom is 0.406 e. The average molecular weight is 315 g/mol. The Morgan fingerprint density at radius 3 is 2.83 bits per heavy atom. The minimum absolute atomic E-state index is 0.0217. The van der Waals surface area contributed by atoms with E-state index in [9.17, 15) is 14.9 Å². The zero-order valence-corrected chi connectivity index (χ0v) is 12.7. The molecular weight excluding hydrogens is 298 g/mol. The molecule has 0 atom stereocenters. The van der Waals surface area contributed by atoms with Gasteiger partial charge in [0.05, 0.1) is 0 Å². The van der Waals surface area contributed by atoms with E-state index in [0.29, 0.717) is 13.0 Å². The summed E-state index contributed by atoms with van der Waals surface area (Å²) in [6.45, 7) is 2.20. The van der Waals surface area contributed by atoms with E-state index < -0.39 is 10.7 Å². The van der Waals surface area contributed by atoms with E-state index in [2.05, 4.69) is 10.3 Å². The lowest BCUT2D eigenvalue weighted by atomic mass is 10.1. The Morgan fingerprint density at radius 2 is 2.09 bits per heavy atom. The molecule has 0 saturated carbocycles. The van der Waals surface area contributed by atoms with Gasteiger partial charge in [-0.15, -0.1) is 0 Å². The van der Waals surface area contributed by atoms with Crippen LogP contribution in [0.4, 0.5) is 5.82 Å². The molecule has 1 N–H and O–H groups in total. The highest BCUT2D eigenvalue weighted by Gasteiger charge is 2.16. The Kier molecular flexibility index (Phi) is 5.62. The predicted molar refractivity (Wildman–Crippen MR) is 84.3 cm³/mol. The summed E-state index contributed by atoms with van der Waals surface area (Å²) in [5, 5.41) is 13.5. The van der Waals surface area contributed by atoms with Gasteiger partial charge < -0.3 is 20.2 Å². The standard InChI is InChI=1S/C16H17N3O4/c1-12-5-2-3-6-13(12)8-10-17-15(20)11-23-14-7-4-9-18-16(14)19(21)22/h2-7,9H,8,10-11H2,1H3,(H,17,20). The van der Waals surface area contributed by atoms with Gasteiger partial charge in [0.25, 0.3) is 5.91 Å². The molecule has 1 heterocycles. The number of pyridine rings is 1. The number of nitrogens with one attached hydrogen (secondary N) is 1. The summed E-state index contributed by atoms with van der Waals surface area (Å²) in [5.41, 5.74) is 2.33. The third-order valence-corrected chi connectivity index (χ3v) is 3.26. The van der Waals surface area contributed by atoms with Crippen LogP contribution in [0.3, 0.4) is 0 Å². The molecule has 120 valence electrons. The number of hydrogen-bond acceptors (Lipinski definition) is 5. The van der Waals surface area contributed by atoms with E-state index in [0.717, 1.165) is 5.56 Å². The second-order valence-electron chi connectivity index (χ2n) is 4.90. The van der Waals surface area contributed by atoms with Gasteiger partial charge in [-0.25, -0.2) is 0 Å². The van der Waals surface area contributed by atoms with Crippen LogP contribution in [0.1, 0.15) is 11.1 Å². The first kappa shape index (κ1) is 16.4. The summed E-state index contributed by atoms with van der Waals surface area (Å²) in [7, 11) is 0. The fraction of sp³-hybridized carbons (Fsp3) is 0.250. The molecule has 1 aromatic heterocycles. The van der Waals surface area contributed by atoms with Crippen molar-refractivity contribution in [3.63, 3.8) is 0 Å². The molecular formula is C16H17N3O4. The van der Waals surface area contributed by atoms with Crippen LogP contribution < -0.4 is 10.1 Å². The van der Waals surface area contributed by atoms with Gasteiger partial charge in [0, 0.05) is 6.54 Å². The van der Waals surface area contributed by atoms with Crippen LogP contribution in [0.15, 0.2) is 42.6 Å². The van der Waals surface area contributed by atoms with Crippen molar-refractivity contribution < 1.29 is 14.5 Å². The second kappa shape index (κ2) is 7.88. The molecule has 0 bridgehead atoms. The Hall–Kier alpha value is -2.96. The molecule has 2 aromatic rings. The molecule has 1 amide bonds. The monoisotopic (exact) mass is 315 g/mol. The van der Waals surface area contributed by atoms with Crippen LogP contribution in [0.2, 0.25) is 0 Å². The maximum atomic E-state index is 11.7. The molecule has 1 aromatic carbocycles. The molecule has 0 unspecified atom stereocenters. The summed E-state index contributed by atoms with van der Waals surface area (Å²) in [6, 6.07) is 10.9. The third kappa shape index (κ3) is 4.77. The molecule has 0 spiro atoms. The topological polar surface area (TPSA) is 94.4 Å². The molecule has 0 aliphatic rings. The summed E-state index contributed by atoms with van der Waals surface area (Å²) < 4.78 is 5.17. The lowest BCUT2D eigenvalue weighted by molar-refractivity contribution is -0.390. The van der Waals surface area contributed by atoms with Crippen LogP contribution in [-0.4, -0.2) is 29.0 Å². The number of rotatable bonds is 7. The van der Waals surface area contributed by atoms with Crippen molar-refractivity contribution in [2.45, 2.75) is 13.3 Å². The van der Waals surface area contributed by atoms with Crippen molar-refractivity contribution in [3.8, 4) is 5.75 Å². The van der Waals surface area contributed by atoms with E-state index in [4.69, 9.17) is 4.74 Å². The number of amides is 1. The molecule has 0 aliphatic carbocycles. The van der Waals surface area contributed by atoms with E-state index in [1.807, 2.05) is 31.2 Å². The molecule has 7 nitrogen and oxygen atoms in total. The Labute approximate surface area is 133 Å². The van der Waals surface area contributed by atoms with Crippen molar-refractivity contribution in [2.75, 3.05) is 13.2 Å². The fourth-order valence-electron chi connectivity index (χ4n) is 2.05. The van der Waals surface area contributed by atoms with E-state index >= 15 is 0 Å². The van der Waals surface area contributed by atoms with Crippen LogP contribution in [0.5, 0.6) is 5.75 Å². The first-order chi connectivity index (χ1) is 11.1. The van der Waals surface area contributed by atoms with E-state index in [1.165, 1.54) is 23.9 Å². The number of benzene rings is 1. The lowest BCUT2D eigenvalue weighted by Crippen LogP contribution is -2.30. The minimum atomic E-state index is -0.647.